The van der Waals surface area contributed by atoms with Gasteiger partial charge >= 0.3 is 5.97 Å². The van der Waals surface area contributed by atoms with Gasteiger partial charge in [-0.05, 0) is 25.1 Å². The SMILES string of the molecule is COc1ccc(S(=O)(=O)N[C@H](C(=O)O)[C@@H](C)O)cc1Cl. The van der Waals surface area contributed by atoms with Gasteiger partial charge in [0.05, 0.1) is 23.1 Å². The predicted molar refractivity (Wildman–Crippen MR) is 71.4 cm³/mol. The third-order valence-electron chi connectivity index (χ3n) is 2.46. The lowest BCUT2D eigenvalue weighted by molar-refractivity contribution is -0.141. The molecule has 0 amide bonds. The lowest BCUT2D eigenvalue weighted by Crippen LogP contribution is -2.47. The number of carboxylic acids is 1. The van der Waals surface area contributed by atoms with Crippen LogP contribution in [-0.4, -0.2) is 43.9 Å². The van der Waals surface area contributed by atoms with Gasteiger partial charge in [-0.3, -0.25) is 4.79 Å². The molecule has 0 heterocycles. The van der Waals surface area contributed by atoms with Gasteiger partial charge in [-0.2, -0.15) is 4.72 Å². The minimum absolute atomic E-state index is 0.0688. The monoisotopic (exact) mass is 323 g/mol. The van der Waals surface area contributed by atoms with E-state index in [0.717, 1.165) is 6.07 Å². The van der Waals surface area contributed by atoms with E-state index in [0.29, 0.717) is 0 Å². The van der Waals surface area contributed by atoms with Crippen LogP contribution in [0.25, 0.3) is 0 Å². The number of sulfonamides is 1. The number of aliphatic hydroxyl groups is 1. The Balaban J connectivity index is 3.11. The van der Waals surface area contributed by atoms with Crippen molar-refractivity contribution in [1.29, 1.82) is 0 Å². The zero-order valence-electron chi connectivity index (χ0n) is 10.7. The zero-order valence-corrected chi connectivity index (χ0v) is 12.3. The first-order chi connectivity index (χ1) is 9.19. The number of rotatable bonds is 6. The van der Waals surface area contributed by atoms with Crippen molar-refractivity contribution in [2.24, 2.45) is 0 Å². The average Bonchev–Trinajstić information content (AvgIpc) is 2.35. The second-order valence-electron chi connectivity index (χ2n) is 3.97. The fraction of sp³-hybridized carbons (Fsp3) is 0.364. The summed E-state index contributed by atoms with van der Waals surface area (Å²) >= 11 is 5.81. The molecule has 0 unspecified atom stereocenters. The van der Waals surface area contributed by atoms with Crippen LogP contribution in [0.5, 0.6) is 5.75 Å². The Morgan fingerprint density at radius 3 is 2.45 bits per heavy atom. The van der Waals surface area contributed by atoms with Crippen molar-refractivity contribution >= 4 is 27.6 Å². The maximum absolute atomic E-state index is 12.0. The van der Waals surface area contributed by atoms with Gasteiger partial charge in [0.25, 0.3) is 0 Å². The Hall–Kier alpha value is -1.35. The molecule has 2 atom stereocenters. The number of nitrogens with one attached hydrogen (secondary N) is 1. The molecule has 0 aliphatic rings. The van der Waals surface area contributed by atoms with Crippen LogP contribution in [0.1, 0.15) is 6.92 Å². The van der Waals surface area contributed by atoms with Crippen LogP contribution in [-0.2, 0) is 14.8 Å². The van der Waals surface area contributed by atoms with Gasteiger partial charge in [-0.25, -0.2) is 8.42 Å². The number of ether oxygens (including phenoxy) is 1. The third-order valence-corrected chi connectivity index (χ3v) is 4.20. The molecule has 1 aromatic rings. The number of hydrogen-bond donors (Lipinski definition) is 3. The van der Waals surface area contributed by atoms with Crippen molar-refractivity contribution in [3.05, 3.63) is 23.2 Å². The summed E-state index contributed by atoms with van der Waals surface area (Å²) in [6.45, 7) is 1.17. The van der Waals surface area contributed by atoms with Crippen molar-refractivity contribution < 1.29 is 28.2 Å². The molecular formula is C11H14ClNO6S. The van der Waals surface area contributed by atoms with E-state index in [4.69, 9.17) is 21.4 Å². The summed E-state index contributed by atoms with van der Waals surface area (Å²) < 4.78 is 30.8. The van der Waals surface area contributed by atoms with Crippen molar-refractivity contribution in [2.75, 3.05) is 7.11 Å². The minimum atomic E-state index is -4.13. The number of methoxy groups -OCH3 is 1. The number of halogens is 1. The molecule has 0 saturated carbocycles. The maximum Gasteiger partial charge on any atom is 0.324 e. The Morgan fingerprint density at radius 2 is 2.05 bits per heavy atom. The molecule has 0 radical (unpaired) electrons. The molecule has 0 saturated heterocycles. The molecule has 9 heteroatoms. The van der Waals surface area contributed by atoms with Crippen molar-refractivity contribution in [3.8, 4) is 5.75 Å². The Labute approximate surface area is 121 Å². The van der Waals surface area contributed by atoms with Crippen LogP contribution in [0, 0.1) is 0 Å². The van der Waals surface area contributed by atoms with E-state index in [-0.39, 0.29) is 15.7 Å². The Bertz CT molecular complexity index is 601. The molecule has 0 bridgehead atoms. The van der Waals surface area contributed by atoms with E-state index < -0.39 is 28.1 Å². The molecule has 1 rings (SSSR count). The highest BCUT2D eigenvalue weighted by atomic mass is 35.5. The molecule has 1 aromatic carbocycles. The van der Waals surface area contributed by atoms with Crippen LogP contribution >= 0.6 is 11.6 Å². The van der Waals surface area contributed by atoms with E-state index in [1.807, 2.05) is 4.72 Å². The molecule has 3 N–H and O–H groups in total. The highest BCUT2D eigenvalue weighted by molar-refractivity contribution is 7.89. The molecule has 0 fully saturated rings. The van der Waals surface area contributed by atoms with E-state index in [1.165, 1.54) is 26.2 Å². The summed E-state index contributed by atoms with van der Waals surface area (Å²) in [4.78, 5) is 10.7. The summed E-state index contributed by atoms with van der Waals surface area (Å²) in [7, 11) is -2.75. The molecule has 0 aliphatic heterocycles. The van der Waals surface area contributed by atoms with Crippen LogP contribution in [0.3, 0.4) is 0 Å². The summed E-state index contributed by atoms with van der Waals surface area (Å²) in [5, 5.41) is 18.2. The lowest BCUT2D eigenvalue weighted by atomic mass is 10.2. The first kappa shape index (κ1) is 16.7. The van der Waals surface area contributed by atoms with Gasteiger partial charge in [-0.15, -0.1) is 0 Å². The molecule has 0 spiro atoms. The molecule has 112 valence electrons. The fourth-order valence-corrected chi connectivity index (χ4v) is 3.02. The largest absolute Gasteiger partial charge is 0.495 e. The van der Waals surface area contributed by atoms with Crippen LogP contribution < -0.4 is 9.46 Å². The van der Waals surface area contributed by atoms with Gasteiger partial charge in [-0.1, -0.05) is 11.6 Å². The van der Waals surface area contributed by atoms with Gasteiger partial charge in [0.1, 0.15) is 11.8 Å². The first-order valence-electron chi connectivity index (χ1n) is 5.45. The summed E-state index contributed by atoms with van der Waals surface area (Å²) in [6, 6.07) is 2.04. The zero-order chi connectivity index (χ0) is 15.5. The number of carboxylic acid groups (broad SMARTS) is 1. The van der Waals surface area contributed by atoms with Crippen molar-refractivity contribution in [1.82, 2.24) is 4.72 Å². The molecule has 0 aromatic heterocycles. The van der Waals surface area contributed by atoms with Crippen molar-refractivity contribution in [2.45, 2.75) is 24.0 Å². The highest BCUT2D eigenvalue weighted by Gasteiger charge is 2.29. The third kappa shape index (κ3) is 3.83. The van der Waals surface area contributed by atoms with E-state index in [9.17, 15) is 18.3 Å². The van der Waals surface area contributed by atoms with Gasteiger partial charge in [0.15, 0.2) is 0 Å². The Morgan fingerprint density at radius 1 is 1.45 bits per heavy atom. The summed E-state index contributed by atoms with van der Waals surface area (Å²) in [5.74, 6) is -1.20. The summed E-state index contributed by atoms with van der Waals surface area (Å²) in [5.41, 5.74) is 0. The predicted octanol–water partition coefficient (Wildman–Crippen LogP) is 0.461. The Kier molecular flexibility index (Phi) is 5.35. The molecule has 7 nitrogen and oxygen atoms in total. The van der Waals surface area contributed by atoms with Crippen molar-refractivity contribution in [3.63, 3.8) is 0 Å². The van der Waals surface area contributed by atoms with Crippen LogP contribution in [0.4, 0.5) is 0 Å². The van der Waals surface area contributed by atoms with Crippen LogP contribution in [0.15, 0.2) is 23.1 Å². The second kappa shape index (κ2) is 6.40. The van der Waals surface area contributed by atoms with E-state index in [1.54, 1.807) is 0 Å². The molecule has 20 heavy (non-hydrogen) atoms. The maximum atomic E-state index is 12.0. The number of aliphatic carboxylic acids is 1. The molecular weight excluding hydrogens is 310 g/mol. The highest BCUT2D eigenvalue weighted by Crippen LogP contribution is 2.26. The van der Waals surface area contributed by atoms with Crippen LogP contribution in [0.2, 0.25) is 5.02 Å². The summed E-state index contributed by atoms with van der Waals surface area (Å²) in [6.07, 6.45) is -1.39. The van der Waals surface area contributed by atoms with Gasteiger partial charge in [0, 0.05) is 0 Å². The fourth-order valence-electron chi connectivity index (χ4n) is 1.40. The van der Waals surface area contributed by atoms with Gasteiger partial charge < -0.3 is 14.9 Å². The minimum Gasteiger partial charge on any atom is -0.495 e. The standard InChI is InChI=1S/C11H14ClNO6S/c1-6(14)10(11(15)16)13-20(17,18)7-3-4-9(19-2)8(12)5-7/h3-6,10,13-14H,1-2H3,(H,15,16)/t6-,10+/m1/s1. The smallest absolute Gasteiger partial charge is 0.324 e. The number of carbonyl (C=O) groups is 1. The number of benzene rings is 1. The lowest BCUT2D eigenvalue weighted by Gasteiger charge is -2.17. The van der Waals surface area contributed by atoms with E-state index >= 15 is 0 Å². The first-order valence-corrected chi connectivity index (χ1v) is 7.32. The van der Waals surface area contributed by atoms with E-state index in [2.05, 4.69) is 0 Å². The number of aliphatic hydroxyl groups excluding tert-OH is 1. The molecule has 0 aliphatic carbocycles. The second-order valence-corrected chi connectivity index (χ2v) is 6.10. The quantitative estimate of drug-likeness (QED) is 0.701. The normalized spacial score (nSPS) is 14.6. The number of hydrogen-bond acceptors (Lipinski definition) is 5. The van der Waals surface area contributed by atoms with Gasteiger partial charge in [0.2, 0.25) is 10.0 Å². The average molecular weight is 324 g/mol. The topological polar surface area (TPSA) is 113 Å².